The molecule has 0 saturated carbocycles. The van der Waals surface area contributed by atoms with Crippen molar-refractivity contribution in [2.75, 3.05) is 0 Å². The topological polar surface area (TPSA) is 34.9 Å². The Labute approximate surface area is 98.9 Å². The summed E-state index contributed by atoms with van der Waals surface area (Å²) < 4.78 is 15.6. The lowest BCUT2D eigenvalue weighted by Crippen LogP contribution is -2.02. The molecule has 4 heteroatoms. The molecule has 2 rings (SSSR count). The molecule has 0 spiro atoms. The van der Waals surface area contributed by atoms with Crippen LogP contribution < -0.4 is 0 Å². The van der Waals surface area contributed by atoms with Gasteiger partial charge in [0.25, 0.3) is 0 Å². The van der Waals surface area contributed by atoms with Crippen molar-refractivity contribution in [3.05, 3.63) is 47.8 Å². The third-order valence-corrected chi connectivity index (χ3v) is 2.55. The van der Waals surface area contributed by atoms with Crippen LogP contribution in [0.4, 0.5) is 4.39 Å². The monoisotopic (exact) mass is 232 g/mol. The molecule has 0 aliphatic rings. The number of ketones is 1. The van der Waals surface area contributed by atoms with Crippen LogP contribution in [0.5, 0.6) is 0 Å². The van der Waals surface area contributed by atoms with Crippen molar-refractivity contribution in [2.45, 2.75) is 20.3 Å². The molecule has 0 fully saturated rings. The predicted octanol–water partition coefficient (Wildman–Crippen LogP) is 2.45. The van der Waals surface area contributed by atoms with Gasteiger partial charge in [-0.1, -0.05) is 6.07 Å². The summed E-state index contributed by atoms with van der Waals surface area (Å²) in [5, 5.41) is 0. The molecule has 0 atom stereocenters. The van der Waals surface area contributed by atoms with Crippen LogP contribution in [0.1, 0.15) is 18.3 Å². The third kappa shape index (κ3) is 2.41. The van der Waals surface area contributed by atoms with Crippen LogP contribution in [0.15, 0.2) is 30.6 Å². The molecule has 1 aromatic carbocycles. The van der Waals surface area contributed by atoms with E-state index in [4.69, 9.17) is 0 Å². The minimum absolute atomic E-state index is 0.0240. The summed E-state index contributed by atoms with van der Waals surface area (Å²) >= 11 is 0. The quantitative estimate of drug-likeness (QED) is 0.814. The summed E-state index contributed by atoms with van der Waals surface area (Å²) in [6, 6.07) is 4.83. The van der Waals surface area contributed by atoms with Gasteiger partial charge >= 0.3 is 0 Å². The maximum absolute atomic E-state index is 13.9. The summed E-state index contributed by atoms with van der Waals surface area (Å²) in [5.74, 6) is 0.407. The number of carbonyl (C=O) groups is 1. The van der Waals surface area contributed by atoms with Gasteiger partial charge in [-0.25, -0.2) is 9.37 Å². The third-order valence-electron chi connectivity index (χ3n) is 2.55. The molecule has 17 heavy (non-hydrogen) atoms. The fourth-order valence-electron chi connectivity index (χ4n) is 1.78. The second-order valence-electron chi connectivity index (χ2n) is 4.01. The van der Waals surface area contributed by atoms with Crippen LogP contribution in [0.3, 0.4) is 0 Å². The Morgan fingerprint density at radius 3 is 2.76 bits per heavy atom. The largest absolute Gasteiger partial charge is 0.301 e. The number of aryl methyl sites for hydroxylation is 1. The van der Waals surface area contributed by atoms with Crippen molar-refractivity contribution in [1.29, 1.82) is 0 Å². The number of Topliss-reactive ketones (excluding diaryl/α,β-unsaturated/α-hetero) is 1. The first-order chi connectivity index (χ1) is 8.08. The van der Waals surface area contributed by atoms with Gasteiger partial charge in [0, 0.05) is 18.8 Å². The van der Waals surface area contributed by atoms with E-state index in [0.29, 0.717) is 11.3 Å². The molecular formula is C13H13FN2O. The van der Waals surface area contributed by atoms with Gasteiger partial charge in [0.05, 0.1) is 5.69 Å². The summed E-state index contributed by atoms with van der Waals surface area (Å²) in [5.41, 5.74) is 1.14. The predicted molar refractivity (Wildman–Crippen MR) is 62.6 cm³/mol. The van der Waals surface area contributed by atoms with Gasteiger partial charge in [0.2, 0.25) is 0 Å². The zero-order chi connectivity index (χ0) is 12.4. The van der Waals surface area contributed by atoms with E-state index < -0.39 is 0 Å². The average molecular weight is 232 g/mol. The number of carbonyl (C=O) groups excluding carboxylic acids is 1. The number of imidazole rings is 1. The van der Waals surface area contributed by atoms with Crippen molar-refractivity contribution in [2.24, 2.45) is 0 Å². The van der Waals surface area contributed by atoms with Crippen molar-refractivity contribution in [3.63, 3.8) is 0 Å². The Hall–Kier alpha value is -1.97. The van der Waals surface area contributed by atoms with E-state index in [9.17, 15) is 9.18 Å². The van der Waals surface area contributed by atoms with E-state index in [1.165, 1.54) is 13.0 Å². The average Bonchev–Trinajstić information content (AvgIpc) is 2.64. The zero-order valence-corrected chi connectivity index (χ0v) is 9.77. The smallest absolute Gasteiger partial charge is 0.147 e. The summed E-state index contributed by atoms with van der Waals surface area (Å²) in [6.45, 7) is 3.30. The number of aromatic nitrogens is 2. The molecule has 0 aliphatic carbocycles. The van der Waals surface area contributed by atoms with Gasteiger partial charge in [0.1, 0.15) is 17.4 Å². The molecule has 1 aromatic heterocycles. The lowest BCUT2D eigenvalue weighted by Gasteiger charge is -2.07. The van der Waals surface area contributed by atoms with E-state index in [-0.39, 0.29) is 18.0 Å². The fourth-order valence-corrected chi connectivity index (χ4v) is 1.78. The maximum Gasteiger partial charge on any atom is 0.147 e. The molecule has 0 amide bonds. The standard InChI is InChI=1S/C13H13FN2O/c1-9(17)7-11-3-4-13(12(14)8-11)16-6-5-15-10(16)2/h3-6,8H,7H2,1-2H3. The second kappa shape index (κ2) is 4.49. The van der Waals surface area contributed by atoms with E-state index in [1.807, 2.05) is 6.92 Å². The first-order valence-corrected chi connectivity index (χ1v) is 5.36. The highest BCUT2D eigenvalue weighted by molar-refractivity contribution is 5.78. The highest BCUT2D eigenvalue weighted by Crippen LogP contribution is 2.17. The Bertz CT molecular complexity index is 560. The Balaban J connectivity index is 2.39. The number of hydrogen-bond acceptors (Lipinski definition) is 2. The van der Waals surface area contributed by atoms with Crippen LogP contribution in [0.2, 0.25) is 0 Å². The van der Waals surface area contributed by atoms with Crippen LogP contribution in [0.25, 0.3) is 5.69 Å². The summed E-state index contributed by atoms with van der Waals surface area (Å²) in [7, 11) is 0. The molecule has 0 unspecified atom stereocenters. The summed E-state index contributed by atoms with van der Waals surface area (Å²) in [6.07, 6.45) is 3.59. The van der Waals surface area contributed by atoms with Gasteiger partial charge in [-0.15, -0.1) is 0 Å². The number of hydrogen-bond donors (Lipinski definition) is 0. The van der Waals surface area contributed by atoms with Gasteiger partial charge in [-0.05, 0) is 31.5 Å². The fraction of sp³-hybridized carbons (Fsp3) is 0.231. The van der Waals surface area contributed by atoms with Gasteiger partial charge in [-0.3, -0.25) is 4.79 Å². The zero-order valence-electron chi connectivity index (χ0n) is 9.77. The highest BCUT2D eigenvalue weighted by Gasteiger charge is 2.08. The van der Waals surface area contributed by atoms with E-state index in [0.717, 1.165) is 5.82 Å². The molecule has 3 nitrogen and oxygen atoms in total. The van der Waals surface area contributed by atoms with Crippen molar-refractivity contribution in [3.8, 4) is 5.69 Å². The number of benzene rings is 1. The van der Waals surface area contributed by atoms with E-state index >= 15 is 0 Å². The SMILES string of the molecule is CC(=O)Cc1ccc(-n2ccnc2C)c(F)c1. The Kier molecular flexibility index (Phi) is 3.04. The first-order valence-electron chi connectivity index (χ1n) is 5.36. The molecule has 0 radical (unpaired) electrons. The molecule has 0 aliphatic heterocycles. The van der Waals surface area contributed by atoms with Crippen molar-refractivity contribution < 1.29 is 9.18 Å². The Morgan fingerprint density at radius 1 is 1.47 bits per heavy atom. The highest BCUT2D eigenvalue weighted by atomic mass is 19.1. The maximum atomic E-state index is 13.9. The van der Waals surface area contributed by atoms with E-state index in [1.54, 1.807) is 29.1 Å². The molecule has 0 bridgehead atoms. The van der Waals surface area contributed by atoms with Gasteiger partial charge in [0.15, 0.2) is 0 Å². The molecular weight excluding hydrogens is 219 g/mol. The number of halogens is 1. The van der Waals surface area contributed by atoms with Crippen LogP contribution in [-0.2, 0) is 11.2 Å². The molecule has 2 aromatic rings. The van der Waals surface area contributed by atoms with Crippen LogP contribution in [0, 0.1) is 12.7 Å². The normalized spacial score (nSPS) is 10.5. The minimum Gasteiger partial charge on any atom is -0.301 e. The lowest BCUT2D eigenvalue weighted by molar-refractivity contribution is -0.116. The number of nitrogens with zero attached hydrogens (tertiary/aromatic N) is 2. The van der Waals surface area contributed by atoms with E-state index in [2.05, 4.69) is 4.98 Å². The minimum atomic E-state index is -0.343. The van der Waals surface area contributed by atoms with Crippen LogP contribution >= 0.6 is 0 Å². The van der Waals surface area contributed by atoms with Gasteiger partial charge < -0.3 is 4.57 Å². The van der Waals surface area contributed by atoms with Gasteiger partial charge in [-0.2, -0.15) is 0 Å². The number of rotatable bonds is 3. The van der Waals surface area contributed by atoms with Crippen molar-refractivity contribution >= 4 is 5.78 Å². The molecule has 0 saturated heterocycles. The first kappa shape index (κ1) is 11.5. The second-order valence-corrected chi connectivity index (χ2v) is 4.01. The molecule has 88 valence electrons. The van der Waals surface area contributed by atoms with Crippen LogP contribution in [-0.4, -0.2) is 15.3 Å². The van der Waals surface area contributed by atoms with Crippen molar-refractivity contribution in [1.82, 2.24) is 9.55 Å². The molecule has 1 heterocycles. The lowest BCUT2D eigenvalue weighted by atomic mass is 10.1. The molecule has 0 N–H and O–H groups in total. The summed E-state index contributed by atoms with van der Waals surface area (Å²) in [4.78, 5) is 15.0. The Morgan fingerprint density at radius 2 is 2.24 bits per heavy atom.